The average molecular weight is 1900 g/mol. The summed E-state index contributed by atoms with van der Waals surface area (Å²) in [6.45, 7) is -4.58. The average Bonchev–Trinajstić information content (AvgIpc) is 0.767. The molecule has 752 valence electrons. The van der Waals surface area contributed by atoms with E-state index < -0.39 is 409 Å². The van der Waals surface area contributed by atoms with E-state index in [9.17, 15) is 179 Å². The van der Waals surface area contributed by atoms with Gasteiger partial charge in [0.05, 0.1) is 114 Å². The summed E-state index contributed by atoms with van der Waals surface area (Å²) in [5.74, 6) is 0. The van der Waals surface area contributed by atoms with E-state index in [1.807, 2.05) is 0 Å². The second-order valence-corrected chi connectivity index (χ2v) is 34.3. The minimum atomic E-state index is -2.23. The number of hydrogen-bond donors (Lipinski definition) is 38. The molecule has 0 amide bonds. The number of nitrogens with one attached hydrogen (secondary N) is 3. The number of ether oxygens (including phenoxy) is 17. The van der Waals surface area contributed by atoms with Crippen molar-refractivity contribution in [2.24, 2.45) is 0 Å². The lowest BCUT2D eigenvalue weighted by Crippen LogP contribution is -2.69. The highest BCUT2D eigenvalue weighted by molar-refractivity contribution is 5.26. The molecular formula is C75H125N3O52. The maximum absolute atomic E-state index is 11.7. The Balaban J connectivity index is 0.604. The molecule has 57 atom stereocenters. The summed E-state index contributed by atoms with van der Waals surface area (Å²) in [5.41, 5.74) is -0.496. The molecule has 12 aliphatic rings. The van der Waals surface area contributed by atoms with Gasteiger partial charge in [0.1, 0.15) is 238 Å². The van der Waals surface area contributed by atoms with Gasteiger partial charge in [-0.25, -0.2) is 0 Å². The van der Waals surface area contributed by atoms with Crippen LogP contribution in [0.15, 0.2) is 34.9 Å². The minimum absolute atomic E-state index is 0.0485. The Kier molecular flexibility index (Phi) is 36.7. The van der Waals surface area contributed by atoms with E-state index in [0.29, 0.717) is 0 Å². The van der Waals surface area contributed by atoms with Gasteiger partial charge in [-0.2, -0.15) is 0 Å². The lowest BCUT2D eigenvalue weighted by molar-refractivity contribution is -0.391. The number of hydrogen-bond acceptors (Lipinski definition) is 55. The summed E-state index contributed by atoms with van der Waals surface area (Å²) >= 11 is 0. The van der Waals surface area contributed by atoms with Crippen LogP contribution in [0.4, 0.5) is 0 Å². The van der Waals surface area contributed by atoms with Crippen LogP contribution in [-0.4, -0.2) is 587 Å². The van der Waals surface area contributed by atoms with Crippen LogP contribution >= 0.6 is 0 Å². The molecule has 0 saturated carbocycles. The molecule has 0 bridgehead atoms. The van der Waals surface area contributed by atoms with Crippen LogP contribution in [0.1, 0.15) is 20.8 Å². The first-order valence-electron chi connectivity index (χ1n) is 42.3. The first kappa shape index (κ1) is 106. The first-order chi connectivity index (χ1) is 61.6. The molecule has 3 aliphatic carbocycles. The molecule has 9 fully saturated rings. The Morgan fingerprint density at radius 3 is 0.677 bits per heavy atom. The Bertz CT molecular complexity index is 3610. The van der Waals surface area contributed by atoms with Crippen LogP contribution in [0, 0.1) is 0 Å². The molecule has 0 aromatic rings. The van der Waals surface area contributed by atoms with Gasteiger partial charge in [-0.3, -0.25) is 0 Å². The normalized spacial score (nSPS) is 52.9. The van der Waals surface area contributed by atoms with Gasteiger partial charge < -0.3 is 275 Å². The first-order valence-corrected chi connectivity index (χ1v) is 42.3. The molecule has 130 heavy (non-hydrogen) atoms. The van der Waals surface area contributed by atoms with Crippen LogP contribution in [0.2, 0.25) is 0 Å². The zero-order valence-electron chi connectivity index (χ0n) is 69.6. The fraction of sp³-hybridized carbons (Fsp3) is 0.920. The molecule has 0 unspecified atom stereocenters. The largest absolute Gasteiger partial charge is 0.394 e. The Morgan fingerprint density at radius 2 is 0.431 bits per heavy atom. The summed E-state index contributed by atoms with van der Waals surface area (Å²) in [6, 6.07) is -8.16. The van der Waals surface area contributed by atoms with E-state index in [-0.39, 0.29) is 16.7 Å². The molecule has 9 heterocycles. The quantitative estimate of drug-likeness (QED) is 0.0287. The van der Waals surface area contributed by atoms with Crippen molar-refractivity contribution in [3.05, 3.63) is 34.9 Å². The van der Waals surface area contributed by atoms with Gasteiger partial charge in [0.25, 0.3) is 0 Å². The van der Waals surface area contributed by atoms with Gasteiger partial charge >= 0.3 is 0 Å². The predicted octanol–water partition coefficient (Wildman–Crippen LogP) is -23.6. The summed E-state index contributed by atoms with van der Waals surface area (Å²) in [7, 11) is 0. The van der Waals surface area contributed by atoms with Gasteiger partial charge in [0.15, 0.2) is 56.6 Å². The van der Waals surface area contributed by atoms with Gasteiger partial charge in [-0.1, -0.05) is 18.2 Å². The molecule has 0 aromatic carbocycles. The Morgan fingerprint density at radius 1 is 0.223 bits per heavy atom. The minimum Gasteiger partial charge on any atom is -0.394 e. The molecule has 0 spiro atoms. The fourth-order valence-corrected chi connectivity index (χ4v) is 18.2. The van der Waals surface area contributed by atoms with E-state index in [2.05, 4.69) is 16.0 Å². The lowest BCUT2D eigenvalue weighted by atomic mass is 9.86. The maximum atomic E-state index is 11.7. The van der Waals surface area contributed by atoms with Crippen molar-refractivity contribution in [2.45, 2.75) is 370 Å². The van der Waals surface area contributed by atoms with Gasteiger partial charge in [0.2, 0.25) is 0 Å². The number of aliphatic hydroxyl groups excluding tert-OH is 35. The molecule has 0 aromatic heterocycles. The van der Waals surface area contributed by atoms with Crippen molar-refractivity contribution in [1.82, 2.24) is 16.0 Å². The van der Waals surface area contributed by atoms with Crippen LogP contribution in [-0.2, 0) is 80.5 Å². The molecule has 0 radical (unpaired) electrons. The third kappa shape index (κ3) is 21.5. The molecule has 55 nitrogen and oxygen atoms in total. The number of aliphatic hydroxyl groups is 35. The molecule has 9 saturated heterocycles. The monoisotopic (exact) mass is 1900 g/mol. The third-order valence-corrected chi connectivity index (χ3v) is 25.9. The molecule has 12 rings (SSSR count). The topological polar surface area (TPSA) is 901 Å². The van der Waals surface area contributed by atoms with Gasteiger partial charge in [-0.15, -0.1) is 0 Å². The van der Waals surface area contributed by atoms with E-state index in [1.165, 1.54) is 26.8 Å². The summed E-state index contributed by atoms with van der Waals surface area (Å²) in [5, 5.41) is 392. The van der Waals surface area contributed by atoms with E-state index in [0.717, 1.165) is 12.2 Å². The standard InChI is InChI=1S/C75H125N3O52/c1-16-31(76-22-4-19(7-79)34(88)41(95)35(22)89)38(92)51(105)68(114-16)125-62-26(11-83)118-71(54(108)45(62)99)123-59-20(8-80)5-23(36(90)42(59)96)77-32-17(2)115-69(52(106)39(32)93)126-63-27(12-84)119-72(55(109)46(63)100)124-60-21(9-81)6-24(37(91)43(60)97)78-33-18(3)116-70(53(107)40(33)94)127-64-28(13-85)120-74(56(110)47(64)101)129-66-30(15-87)122-75(58(112)49(66)103)130-65-29(14-86)121-73(57(111)48(65)102)128-61-25(10-82)117-67(113)50(104)44(61)98/h4-6,16-18,22-113H,7-15H2,1-3H3/t16-,17-,18-,22+,23+,24+,25-,26-,27-,28-,29-,30-,31-,32-,33-,34-,35+,36+,37+,38+,39+,40+,41+,42-,43-,44-,45-,46-,47-,48-,49-,50-,51-,52-,53-,54-,55-,56-,57-,58-,59-,60-,61-,62-,63-,64-,65-,66-,67-,68-,69-,70-,71-,72-,73+,74-,75+/m1/s1. The highest BCUT2D eigenvalue weighted by atomic mass is 16.8. The van der Waals surface area contributed by atoms with E-state index in [1.54, 1.807) is 0 Å². The number of rotatable bonds is 31. The highest BCUT2D eigenvalue weighted by Gasteiger charge is 2.61. The highest BCUT2D eigenvalue weighted by Crippen LogP contribution is 2.41. The van der Waals surface area contributed by atoms with Crippen molar-refractivity contribution in [3.8, 4) is 0 Å². The molecule has 9 aliphatic heterocycles. The van der Waals surface area contributed by atoms with E-state index in [4.69, 9.17) is 80.5 Å². The van der Waals surface area contributed by atoms with Crippen molar-refractivity contribution in [2.75, 3.05) is 59.5 Å². The molecule has 55 heteroatoms. The summed E-state index contributed by atoms with van der Waals surface area (Å²) in [4.78, 5) is 0. The molecular weight excluding hydrogens is 1770 g/mol. The van der Waals surface area contributed by atoms with Crippen LogP contribution in [0.25, 0.3) is 0 Å². The smallest absolute Gasteiger partial charge is 0.187 e. The van der Waals surface area contributed by atoms with Gasteiger partial charge in [0, 0.05) is 0 Å². The maximum Gasteiger partial charge on any atom is 0.187 e. The zero-order chi connectivity index (χ0) is 95.3. The van der Waals surface area contributed by atoms with Crippen LogP contribution in [0.5, 0.6) is 0 Å². The lowest BCUT2D eigenvalue weighted by Gasteiger charge is -2.50. The Hall–Kier alpha value is -2.98. The van der Waals surface area contributed by atoms with Crippen molar-refractivity contribution < 1.29 is 259 Å². The summed E-state index contributed by atoms with van der Waals surface area (Å²) in [6.07, 6.45) is -93.1. The van der Waals surface area contributed by atoms with E-state index >= 15 is 0 Å². The molecule has 38 N–H and O–H groups in total. The van der Waals surface area contributed by atoms with Gasteiger partial charge in [-0.05, 0) is 37.5 Å². The fourth-order valence-electron chi connectivity index (χ4n) is 18.2. The zero-order valence-corrected chi connectivity index (χ0v) is 69.6. The summed E-state index contributed by atoms with van der Waals surface area (Å²) < 4.78 is 97.5. The van der Waals surface area contributed by atoms with Crippen molar-refractivity contribution >= 4 is 0 Å². The third-order valence-electron chi connectivity index (χ3n) is 25.9. The van der Waals surface area contributed by atoms with Crippen LogP contribution in [0.3, 0.4) is 0 Å². The second-order valence-electron chi connectivity index (χ2n) is 34.3. The SMILES string of the molecule is C[C@H]1O[C@H](O[C@H]2[C@H](O)[C@@H](O)[C@@H](O[C@H]3[C@H](O)[C@@H](O)[C@H](O[C@H]4[C@H](O)[C@@H](O)[C@H](O[C@H]5[C@H](O)[C@@H](O)[C@H](O)O[C@@H]5CO)O[C@@H]4CO)O[C@@H]3CO)O[C@@H]2CO)[C@H](O)[C@@H](O)[C@@H]1N[C@H]1C=C(CO)[C@@H](O[C@H]2O[C@H](CO)[C@@H](O[C@H]3O[C@H](C)[C@@H](N[C@H]4C=C(CO)[C@@H](O[C@H]5O[C@H](CO)[C@@H](O[C@H]6O[C@H](C)[C@@H](N[C@H]7C=C(CO)[C@@H](O)[C@H](O)[C@H]7O)[C@H](O)[C@H]6O)[C@H](O)[C@H]5O)[C@H](O)[C@H]4O)[C@H](O)[C@H]3O)[C@H](O)[C@H]2O)[C@H](O)[C@H]1O. The predicted molar refractivity (Wildman–Crippen MR) is 407 cm³/mol. The second kappa shape index (κ2) is 45.1. The van der Waals surface area contributed by atoms with Crippen molar-refractivity contribution in [1.29, 1.82) is 0 Å². The van der Waals surface area contributed by atoms with Crippen LogP contribution < -0.4 is 16.0 Å². The Labute approximate surface area is 737 Å². The van der Waals surface area contributed by atoms with Crippen molar-refractivity contribution in [3.63, 3.8) is 0 Å².